The van der Waals surface area contributed by atoms with Crippen molar-refractivity contribution in [1.82, 2.24) is 20.3 Å². The van der Waals surface area contributed by atoms with Gasteiger partial charge in [0, 0.05) is 48.3 Å². The molecule has 2 heterocycles. The van der Waals surface area contributed by atoms with Gasteiger partial charge in [-0.3, -0.25) is 14.9 Å². The second-order valence-electron chi connectivity index (χ2n) is 11.1. The van der Waals surface area contributed by atoms with Crippen molar-refractivity contribution in [3.63, 3.8) is 0 Å². The van der Waals surface area contributed by atoms with Crippen LogP contribution in [-0.2, 0) is 15.4 Å². The highest BCUT2D eigenvalue weighted by molar-refractivity contribution is 7.92. The first kappa shape index (κ1) is 26.9. The number of nitrogens with one attached hydrogen (secondary N) is 3. The first-order chi connectivity index (χ1) is 18.5. The molecule has 0 unspecified atom stereocenters. The van der Waals surface area contributed by atoms with Gasteiger partial charge in [0.05, 0.1) is 4.90 Å². The number of sulfonamides is 1. The molecule has 1 amide bonds. The van der Waals surface area contributed by atoms with Crippen molar-refractivity contribution in [1.29, 1.82) is 0 Å². The van der Waals surface area contributed by atoms with Gasteiger partial charge in [-0.1, -0.05) is 63.2 Å². The molecule has 3 N–H and O–H groups in total. The standard InChI is InChI=1S/C30H35N5O3S/c1-30(2,3)22-10-13-24(14-11-22)39(37,38)33-23-12-15-26-25(20-23)27(21-8-6-5-7-9-21)28(31-26)29(36)32-35-18-16-34(4)17-19-35/h5-15,20,31,33H,16-19H2,1-4H3,(H,32,36). The summed E-state index contributed by atoms with van der Waals surface area (Å²) in [5.74, 6) is -0.226. The molecule has 1 saturated heterocycles. The van der Waals surface area contributed by atoms with Crippen LogP contribution in [0, 0.1) is 0 Å². The quantitative estimate of drug-likeness (QED) is 0.323. The summed E-state index contributed by atoms with van der Waals surface area (Å²) in [5.41, 5.74) is 7.23. The Labute approximate surface area is 230 Å². The number of hydrogen-bond donors (Lipinski definition) is 3. The highest BCUT2D eigenvalue weighted by Gasteiger charge is 2.24. The number of fused-ring (bicyclic) bond motifs is 1. The van der Waals surface area contributed by atoms with Gasteiger partial charge in [0.2, 0.25) is 0 Å². The van der Waals surface area contributed by atoms with E-state index in [-0.39, 0.29) is 16.2 Å². The van der Waals surface area contributed by atoms with Crippen LogP contribution >= 0.6 is 0 Å². The molecule has 0 spiro atoms. The molecule has 5 rings (SSSR count). The highest BCUT2D eigenvalue weighted by Crippen LogP contribution is 2.35. The van der Waals surface area contributed by atoms with Crippen molar-refractivity contribution >= 4 is 32.5 Å². The molecule has 4 aromatic rings. The van der Waals surface area contributed by atoms with Crippen LogP contribution in [0.5, 0.6) is 0 Å². The SMILES string of the molecule is CN1CCN(NC(=O)c2[nH]c3ccc(NS(=O)(=O)c4ccc(C(C)(C)C)cc4)cc3c2-c2ccccc2)CC1. The smallest absolute Gasteiger partial charge is 0.282 e. The molecule has 1 fully saturated rings. The van der Waals surface area contributed by atoms with Crippen molar-refractivity contribution in [3.05, 3.63) is 84.1 Å². The second-order valence-corrected chi connectivity index (χ2v) is 12.8. The summed E-state index contributed by atoms with van der Waals surface area (Å²) in [5, 5.41) is 2.70. The largest absolute Gasteiger partial charge is 0.350 e. The number of H-pyrrole nitrogens is 1. The first-order valence-electron chi connectivity index (χ1n) is 13.1. The molecule has 3 aromatic carbocycles. The van der Waals surface area contributed by atoms with Gasteiger partial charge in [-0.25, -0.2) is 13.4 Å². The third kappa shape index (κ3) is 5.85. The average molecular weight is 546 g/mol. The summed E-state index contributed by atoms with van der Waals surface area (Å²) >= 11 is 0. The Kier molecular flexibility index (Phi) is 7.24. The maximum Gasteiger partial charge on any atom is 0.282 e. The van der Waals surface area contributed by atoms with Crippen molar-refractivity contribution in [2.75, 3.05) is 37.9 Å². The lowest BCUT2D eigenvalue weighted by Crippen LogP contribution is -2.52. The second kappa shape index (κ2) is 10.5. The fraction of sp³-hybridized carbons (Fsp3) is 0.300. The summed E-state index contributed by atoms with van der Waals surface area (Å²) in [6.07, 6.45) is 0. The van der Waals surface area contributed by atoms with Gasteiger partial charge in [-0.2, -0.15) is 0 Å². The van der Waals surface area contributed by atoms with E-state index in [9.17, 15) is 13.2 Å². The van der Waals surface area contributed by atoms with E-state index < -0.39 is 10.0 Å². The van der Waals surface area contributed by atoms with Crippen molar-refractivity contribution < 1.29 is 13.2 Å². The lowest BCUT2D eigenvalue weighted by atomic mass is 9.87. The number of aromatic amines is 1. The molecular formula is C30H35N5O3S. The zero-order chi connectivity index (χ0) is 27.8. The number of hydrogen-bond acceptors (Lipinski definition) is 5. The molecule has 0 bridgehead atoms. The minimum atomic E-state index is -3.81. The third-order valence-electron chi connectivity index (χ3n) is 7.13. The normalized spacial score (nSPS) is 15.4. The zero-order valence-electron chi connectivity index (χ0n) is 22.8. The number of carbonyl (C=O) groups is 1. The molecule has 1 aromatic heterocycles. The Morgan fingerprint density at radius 1 is 0.897 bits per heavy atom. The number of anilines is 1. The summed E-state index contributed by atoms with van der Waals surface area (Å²) in [7, 11) is -1.74. The van der Waals surface area contributed by atoms with Crippen molar-refractivity contribution in [3.8, 4) is 11.1 Å². The fourth-order valence-electron chi connectivity index (χ4n) is 4.80. The molecule has 0 radical (unpaired) electrons. The minimum absolute atomic E-state index is 0.0722. The van der Waals surface area contributed by atoms with Crippen LogP contribution in [0.4, 0.5) is 5.69 Å². The number of likely N-dealkylation sites (N-methyl/N-ethyl adjacent to an activating group) is 1. The van der Waals surface area contributed by atoms with Crippen LogP contribution < -0.4 is 10.1 Å². The Hall–Kier alpha value is -3.66. The van der Waals surface area contributed by atoms with E-state index in [2.05, 4.69) is 47.9 Å². The molecule has 1 aliphatic heterocycles. The molecule has 1 aliphatic rings. The summed E-state index contributed by atoms with van der Waals surface area (Å²) in [6.45, 7) is 9.50. The van der Waals surface area contributed by atoms with E-state index >= 15 is 0 Å². The monoisotopic (exact) mass is 545 g/mol. The number of hydrazine groups is 1. The predicted octanol–water partition coefficient (Wildman–Crippen LogP) is 4.83. The Balaban J connectivity index is 1.48. The molecule has 0 saturated carbocycles. The van der Waals surface area contributed by atoms with Crippen LogP contribution in [0.3, 0.4) is 0 Å². The maximum atomic E-state index is 13.4. The third-order valence-corrected chi connectivity index (χ3v) is 8.53. The Morgan fingerprint density at radius 3 is 2.21 bits per heavy atom. The number of aromatic nitrogens is 1. The topological polar surface area (TPSA) is 97.5 Å². The van der Waals surface area contributed by atoms with E-state index in [0.717, 1.165) is 53.8 Å². The van der Waals surface area contributed by atoms with E-state index in [1.54, 1.807) is 30.3 Å². The van der Waals surface area contributed by atoms with Crippen molar-refractivity contribution in [2.45, 2.75) is 31.1 Å². The van der Waals surface area contributed by atoms with Gasteiger partial charge in [0.25, 0.3) is 15.9 Å². The summed E-state index contributed by atoms with van der Waals surface area (Å²) in [4.78, 5) is 19.1. The Morgan fingerprint density at radius 2 is 1.56 bits per heavy atom. The molecule has 9 heteroatoms. The minimum Gasteiger partial charge on any atom is -0.350 e. The number of nitrogens with zero attached hydrogens (tertiary/aromatic N) is 2. The van der Waals surface area contributed by atoms with Gasteiger partial charge in [0.1, 0.15) is 5.69 Å². The van der Waals surface area contributed by atoms with E-state index in [0.29, 0.717) is 11.4 Å². The predicted molar refractivity (Wildman–Crippen MR) is 156 cm³/mol. The van der Waals surface area contributed by atoms with Crippen molar-refractivity contribution in [2.24, 2.45) is 0 Å². The summed E-state index contributed by atoms with van der Waals surface area (Å²) in [6, 6.07) is 21.9. The number of carbonyl (C=O) groups excluding carboxylic acids is 1. The number of rotatable bonds is 6. The van der Waals surface area contributed by atoms with E-state index in [1.807, 2.05) is 47.5 Å². The first-order valence-corrected chi connectivity index (χ1v) is 14.6. The van der Waals surface area contributed by atoms with Crippen LogP contribution in [-0.4, -0.2) is 62.4 Å². The average Bonchev–Trinajstić information content (AvgIpc) is 3.29. The number of amides is 1. The Bertz CT molecular complexity index is 1580. The zero-order valence-corrected chi connectivity index (χ0v) is 23.6. The lowest BCUT2D eigenvalue weighted by Gasteiger charge is -2.32. The van der Waals surface area contributed by atoms with E-state index in [1.165, 1.54) is 0 Å². The fourth-order valence-corrected chi connectivity index (χ4v) is 5.85. The number of benzene rings is 3. The van der Waals surface area contributed by atoms with Gasteiger partial charge >= 0.3 is 0 Å². The number of piperazine rings is 1. The molecule has 204 valence electrons. The molecular weight excluding hydrogens is 510 g/mol. The van der Waals surface area contributed by atoms with Gasteiger partial charge in [0.15, 0.2) is 0 Å². The van der Waals surface area contributed by atoms with Crippen LogP contribution in [0.15, 0.2) is 77.7 Å². The highest BCUT2D eigenvalue weighted by atomic mass is 32.2. The maximum absolute atomic E-state index is 13.4. The van der Waals surface area contributed by atoms with Crippen LogP contribution in [0.2, 0.25) is 0 Å². The van der Waals surface area contributed by atoms with Gasteiger partial charge in [-0.05, 0) is 53.9 Å². The molecule has 0 atom stereocenters. The summed E-state index contributed by atoms with van der Waals surface area (Å²) < 4.78 is 29.2. The lowest BCUT2D eigenvalue weighted by molar-refractivity contribution is 0.0659. The molecule has 0 aliphatic carbocycles. The van der Waals surface area contributed by atoms with Gasteiger partial charge in [-0.15, -0.1) is 0 Å². The van der Waals surface area contributed by atoms with E-state index in [4.69, 9.17) is 0 Å². The van der Waals surface area contributed by atoms with Crippen LogP contribution in [0.25, 0.3) is 22.0 Å². The van der Waals surface area contributed by atoms with Gasteiger partial charge < -0.3 is 9.88 Å². The van der Waals surface area contributed by atoms with Crippen LogP contribution in [0.1, 0.15) is 36.8 Å². The molecule has 8 nitrogen and oxygen atoms in total. The molecule has 39 heavy (non-hydrogen) atoms.